The number of fused-ring (bicyclic) bond motifs is 3. The second-order valence-electron chi connectivity index (χ2n) is 5.53. The zero-order valence-corrected chi connectivity index (χ0v) is 13.6. The van der Waals surface area contributed by atoms with E-state index in [-0.39, 0.29) is 5.54 Å². The number of benzene rings is 2. The highest BCUT2D eigenvalue weighted by Crippen LogP contribution is 2.49. The minimum Gasteiger partial charge on any atom is -0.316 e. The van der Waals surface area contributed by atoms with E-state index in [1.165, 1.54) is 16.7 Å². The number of nitrogens with zero attached hydrogens (tertiary/aromatic N) is 2. The van der Waals surface area contributed by atoms with Gasteiger partial charge < -0.3 is 4.57 Å². The molecule has 3 aromatic rings. The maximum Gasteiger partial charge on any atom is 0.141 e. The lowest BCUT2D eigenvalue weighted by molar-refractivity contribution is 0.459. The highest BCUT2D eigenvalue weighted by atomic mass is 79.9. The van der Waals surface area contributed by atoms with Crippen LogP contribution < -0.4 is 0 Å². The SMILES string of the molecule is C=CCC1(c2ccc(Br)cc2)c2ccccc2-c2nccn21. The molecule has 0 saturated heterocycles. The molecule has 4 rings (SSSR count). The number of rotatable bonds is 3. The van der Waals surface area contributed by atoms with Crippen LogP contribution in [0.3, 0.4) is 0 Å². The van der Waals surface area contributed by atoms with E-state index in [4.69, 9.17) is 0 Å². The van der Waals surface area contributed by atoms with Crippen LogP contribution in [0.5, 0.6) is 0 Å². The summed E-state index contributed by atoms with van der Waals surface area (Å²) in [5.41, 5.74) is 3.49. The molecule has 0 spiro atoms. The molecule has 1 aromatic heterocycles. The van der Waals surface area contributed by atoms with Crippen molar-refractivity contribution in [1.29, 1.82) is 0 Å². The fourth-order valence-electron chi connectivity index (χ4n) is 3.53. The second-order valence-corrected chi connectivity index (χ2v) is 6.44. The van der Waals surface area contributed by atoms with Crippen LogP contribution in [0.15, 0.2) is 78.1 Å². The van der Waals surface area contributed by atoms with E-state index < -0.39 is 0 Å². The monoisotopic (exact) mass is 350 g/mol. The van der Waals surface area contributed by atoms with E-state index in [1.807, 2.05) is 12.3 Å². The largest absolute Gasteiger partial charge is 0.316 e. The van der Waals surface area contributed by atoms with Crippen LogP contribution in [0.4, 0.5) is 0 Å². The Morgan fingerprint density at radius 1 is 1.14 bits per heavy atom. The van der Waals surface area contributed by atoms with Crippen LogP contribution in [0.2, 0.25) is 0 Å². The quantitative estimate of drug-likeness (QED) is 0.608. The van der Waals surface area contributed by atoms with Gasteiger partial charge in [-0.15, -0.1) is 6.58 Å². The number of hydrogen-bond donors (Lipinski definition) is 0. The summed E-state index contributed by atoms with van der Waals surface area (Å²) in [4.78, 5) is 4.58. The van der Waals surface area contributed by atoms with Gasteiger partial charge in [0.05, 0.1) is 0 Å². The zero-order valence-electron chi connectivity index (χ0n) is 12.0. The van der Waals surface area contributed by atoms with E-state index >= 15 is 0 Å². The van der Waals surface area contributed by atoms with Crippen LogP contribution >= 0.6 is 15.9 Å². The number of imidazole rings is 1. The number of hydrogen-bond acceptors (Lipinski definition) is 1. The van der Waals surface area contributed by atoms with Gasteiger partial charge >= 0.3 is 0 Å². The van der Waals surface area contributed by atoms with Crippen molar-refractivity contribution in [2.45, 2.75) is 12.0 Å². The highest BCUT2D eigenvalue weighted by molar-refractivity contribution is 9.10. The molecule has 0 aliphatic carbocycles. The lowest BCUT2D eigenvalue weighted by Gasteiger charge is -2.32. The maximum atomic E-state index is 4.58. The van der Waals surface area contributed by atoms with Crippen molar-refractivity contribution in [3.63, 3.8) is 0 Å². The molecule has 2 aromatic carbocycles. The Balaban J connectivity index is 2.07. The van der Waals surface area contributed by atoms with Crippen molar-refractivity contribution < 1.29 is 0 Å². The molecule has 22 heavy (non-hydrogen) atoms. The van der Waals surface area contributed by atoms with Crippen molar-refractivity contribution in [1.82, 2.24) is 9.55 Å². The van der Waals surface area contributed by atoms with Crippen molar-refractivity contribution in [2.24, 2.45) is 0 Å². The third-order valence-corrected chi connectivity index (χ3v) is 4.96. The van der Waals surface area contributed by atoms with Gasteiger partial charge in [0, 0.05) is 22.4 Å². The lowest BCUT2D eigenvalue weighted by Crippen LogP contribution is -2.32. The van der Waals surface area contributed by atoms with Gasteiger partial charge in [0.25, 0.3) is 0 Å². The molecule has 0 radical (unpaired) electrons. The summed E-state index contributed by atoms with van der Waals surface area (Å²) in [5.74, 6) is 1.03. The van der Waals surface area contributed by atoms with E-state index in [0.717, 1.165) is 16.7 Å². The summed E-state index contributed by atoms with van der Waals surface area (Å²) in [6.07, 6.45) is 6.77. The second kappa shape index (κ2) is 4.96. The van der Waals surface area contributed by atoms with Crippen molar-refractivity contribution >= 4 is 15.9 Å². The Labute approximate surface area is 138 Å². The summed E-state index contributed by atoms with van der Waals surface area (Å²) in [6.45, 7) is 4.00. The molecule has 1 atom stereocenters. The Bertz CT molecular complexity index is 848. The molecule has 1 aliphatic heterocycles. The fourth-order valence-corrected chi connectivity index (χ4v) is 3.80. The minimum atomic E-state index is -0.259. The Kier molecular flexibility index (Phi) is 3.05. The summed E-state index contributed by atoms with van der Waals surface area (Å²) in [7, 11) is 0. The molecule has 0 amide bonds. The van der Waals surface area contributed by atoms with Crippen LogP contribution in [0.1, 0.15) is 17.5 Å². The molecule has 0 fully saturated rings. The molecule has 0 N–H and O–H groups in total. The maximum absolute atomic E-state index is 4.58. The standard InChI is InChI=1S/C19H15BrN2/c1-2-11-19(14-7-9-15(20)10-8-14)17-6-4-3-5-16(17)18-21-12-13-22(18)19/h2-10,12-13H,1,11H2. The van der Waals surface area contributed by atoms with E-state index in [1.54, 1.807) is 0 Å². The predicted molar refractivity (Wildman–Crippen MR) is 92.8 cm³/mol. The van der Waals surface area contributed by atoms with Gasteiger partial charge in [-0.05, 0) is 29.7 Å². The first-order valence-corrected chi connectivity index (χ1v) is 8.07. The Morgan fingerprint density at radius 2 is 1.91 bits per heavy atom. The average Bonchev–Trinajstić information content (AvgIpc) is 3.11. The van der Waals surface area contributed by atoms with Gasteiger partial charge in [0.15, 0.2) is 0 Å². The van der Waals surface area contributed by atoms with Crippen LogP contribution in [0, 0.1) is 0 Å². The first-order chi connectivity index (χ1) is 10.8. The van der Waals surface area contributed by atoms with Gasteiger partial charge in [-0.25, -0.2) is 4.98 Å². The third kappa shape index (κ3) is 1.69. The Hall–Kier alpha value is -2.13. The van der Waals surface area contributed by atoms with Crippen LogP contribution in [-0.4, -0.2) is 9.55 Å². The summed E-state index contributed by atoms with van der Waals surface area (Å²) < 4.78 is 3.37. The normalized spacial score (nSPS) is 18.8. The Morgan fingerprint density at radius 3 is 2.68 bits per heavy atom. The van der Waals surface area contributed by atoms with Gasteiger partial charge in [0.1, 0.15) is 11.4 Å². The molecule has 1 aliphatic rings. The summed E-state index contributed by atoms with van der Waals surface area (Å²) in [6, 6.07) is 17.1. The van der Waals surface area contributed by atoms with Crippen molar-refractivity contribution in [3.8, 4) is 11.4 Å². The minimum absolute atomic E-state index is 0.259. The van der Waals surface area contributed by atoms with Gasteiger partial charge in [-0.3, -0.25) is 0 Å². The third-order valence-electron chi connectivity index (χ3n) is 4.43. The summed E-state index contributed by atoms with van der Waals surface area (Å²) in [5, 5.41) is 0. The topological polar surface area (TPSA) is 17.8 Å². The molecule has 0 bridgehead atoms. The molecule has 108 valence electrons. The van der Waals surface area contributed by atoms with E-state index in [0.29, 0.717) is 0 Å². The van der Waals surface area contributed by atoms with Crippen LogP contribution in [-0.2, 0) is 5.54 Å². The molecular formula is C19H15BrN2. The van der Waals surface area contributed by atoms with E-state index in [9.17, 15) is 0 Å². The lowest BCUT2D eigenvalue weighted by atomic mass is 9.80. The van der Waals surface area contributed by atoms with E-state index in [2.05, 4.69) is 86.8 Å². The first-order valence-electron chi connectivity index (χ1n) is 7.28. The fraction of sp³-hybridized carbons (Fsp3) is 0.105. The van der Waals surface area contributed by atoms with Crippen molar-refractivity contribution in [2.75, 3.05) is 0 Å². The molecule has 2 nitrogen and oxygen atoms in total. The van der Waals surface area contributed by atoms with Gasteiger partial charge in [-0.2, -0.15) is 0 Å². The summed E-state index contributed by atoms with van der Waals surface area (Å²) >= 11 is 3.53. The number of halogens is 1. The van der Waals surface area contributed by atoms with Crippen LogP contribution in [0.25, 0.3) is 11.4 Å². The van der Waals surface area contributed by atoms with Crippen molar-refractivity contribution in [3.05, 3.63) is 89.2 Å². The highest BCUT2D eigenvalue weighted by Gasteiger charge is 2.43. The number of aromatic nitrogens is 2. The molecule has 3 heteroatoms. The van der Waals surface area contributed by atoms with Gasteiger partial charge in [-0.1, -0.05) is 58.4 Å². The average molecular weight is 351 g/mol. The molecule has 1 unspecified atom stereocenters. The predicted octanol–water partition coefficient (Wildman–Crippen LogP) is 4.99. The number of allylic oxidation sites excluding steroid dienone is 1. The molecular weight excluding hydrogens is 336 g/mol. The molecule has 2 heterocycles. The first kappa shape index (κ1) is 13.5. The zero-order chi connectivity index (χ0) is 15.2. The molecule has 0 saturated carbocycles. The van der Waals surface area contributed by atoms with Gasteiger partial charge in [0.2, 0.25) is 0 Å². The smallest absolute Gasteiger partial charge is 0.141 e.